The second kappa shape index (κ2) is 5.22. The van der Waals surface area contributed by atoms with Gasteiger partial charge in [-0.2, -0.15) is 0 Å². The normalized spacial score (nSPS) is 22.8. The summed E-state index contributed by atoms with van der Waals surface area (Å²) < 4.78 is 0. The van der Waals surface area contributed by atoms with Gasteiger partial charge in [-0.15, -0.1) is 0 Å². The molecule has 1 rings (SSSR count). The molecule has 1 amide bonds. The lowest BCUT2D eigenvalue weighted by Gasteiger charge is -2.24. The fraction of sp³-hybridized carbons (Fsp3) is 0.900. The summed E-state index contributed by atoms with van der Waals surface area (Å²) in [6.07, 6.45) is 3.14. The molecule has 0 aromatic heterocycles. The Kier molecular flexibility index (Phi) is 4.22. The van der Waals surface area contributed by atoms with Gasteiger partial charge in [0.05, 0.1) is 0 Å². The highest BCUT2D eigenvalue weighted by molar-refractivity contribution is 5.76. The second-order valence-corrected chi connectivity index (χ2v) is 3.82. The molecule has 3 heteroatoms. The first kappa shape index (κ1) is 10.5. The van der Waals surface area contributed by atoms with Crippen molar-refractivity contribution in [2.45, 2.75) is 26.2 Å². The summed E-state index contributed by atoms with van der Waals surface area (Å²) in [5.74, 6) is 0.853. The average Bonchev–Trinajstić information content (AvgIpc) is 2.18. The summed E-state index contributed by atoms with van der Waals surface area (Å²) in [7, 11) is 1.87. The van der Waals surface area contributed by atoms with Crippen molar-refractivity contribution in [2.24, 2.45) is 5.92 Å². The SMILES string of the molecule is CCN(C)C(=O)CC1CCCNC1. The van der Waals surface area contributed by atoms with Crippen molar-refractivity contribution in [1.29, 1.82) is 0 Å². The van der Waals surface area contributed by atoms with Gasteiger partial charge < -0.3 is 10.2 Å². The minimum absolute atomic E-state index is 0.288. The summed E-state index contributed by atoms with van der Waals surface area (Å²) in [5, 5.41) is 3.33. The second-order valence-electron chi connectivity index (χ2n) is 3.82. The third-order valence-electron chi connectivity index (χ3n) is 2.76. The lowest BCUT2D eigenvalue weighted by Crippen LogP contribution is -2.34. The first-order chi connectivity index (χ1) is 6.24. The van der Waals surface area contributed by atoms with E-state index in [0.29, 0.717) is 5.92 Å². The van der Waals surface area contributed by atoms with Crippen LogP contribution in [0.15, 0.2) is 0 Å². The number of nitrogens with one attached hydrogen (secondary N) is 1. The molecular formula is C10H20N2O. The van der Waals surface area contributed by atoms with Gasteiger partial charge in [-0.3, -0.25) is 4.79 Å². The molecule has 3 nitrogen and oxygen atoms in total. The molecule has 1 aliphatic rings. The van der Waals surface area contributed by atoms with Crippen molar-refractivity contribution in [2.75, 3.05) is 26.7 Å². The molecular weight excluding hydrogens is 164 g/mol. The third kappa shape index (κ3) is 3.35. The molecule has 0 spiro atoms. The first-order valence-corrected chi connectivity index (χ1v) is 5.18. The van der Waals surface area contributed by atoms with Crippen LogP contribution in [-0.4, -0.2) is 37.5 Å². The molecule has 0 bridgehead atoms. The number of nitrogens with zero attached hydrogens (tertiary/aromatic N) is 1. The van der Waals surface area contributed by atoms with Crippen LogP contribution in [0.4, 0.5) is 0 Å². The molecule has 1 heterocycles. The summed E-state index contributed by atoms with van der Waals surface area (Å²) in [5.41, 5.74) is 0. The number of amides is 1. The van der Waals surface area contributed by atoms with Gasteiger partial charge in [0.25, 0.3) is 0 Å². The van der Waals surface area contributed by atoms with Crippen LogP contribution in [0.3, 0.4) is 0 Å². The van der Waals surface area contributed by atoms with E-state index in [1.165, 1.54) is 12.8 Å². The number of hydrogen-bond acceptors (Lipinski definition) is 2. The maximum absolute atomic E-state index is 11.5. The largest absolute Gasteiger partial charge is 0.346 e. The maximum Gasteiger partial charge on any atom is 0.222 e. The number of carbonyl (C=O) groups excluding carboxylic acids is 1. The van der Waals surface area contributed by atoms with Crippen LogP contribution in [-0.2, 0) is 4.79 Å². The van der Waals surface area contributed by atoms with Crippen LogP contribution in [0.25, 0.3) is 0 Å². The fourth-order valence-corrected chi connectivity index (χ4v) is 1.68. The molecule has 0 aliphatic carbocycles. The van der Waals surface area contributed by atoms with Crippen molar-refractivity contribution in [3.63, 3.8) is 0 Å². The zero-order valence-corrected chi connectivity index (χ0v) is 8.68. The van der Waals surface area contributed by atoms with Gasteiger partial charge in [-0.1, -0.05) is 0 Å². The van der Waals surface area contributed by atoms with Crippen LogP contribution in [0.2, 0.25) is 0 Å². The van der Waals surface area contributed by atoms with Crippen molar-refractivity contribution in [3.05, 3.63) is 0 Å². The van der Waals surface area contributed by atoms with E-state index in [-0.39, 0.29) is 5.91 Å². The molecule has 1 unspecified atom stereocenters. The minimum atomic E-state index is 0.288. The van der Waals surface area contributed by atoms with Gasteiger partial charge in [0, 0.05) is 20.0 Å². The Balaban J connectivity index is 2.26. The van der Waals surface area contributed by atoms with Gasteiger partial charge in [0.1, 0.15) is 0 Å². The molecule has 1 atom stereocenters. The van der Waals surface area contributed by atoms with Crippen LogP contribution < -0.4 is 5.32 Å². The van der Waals surface area contributed by atoms with E-state index >= 15 is 0 Å². The van der Waals surface area contributed by atoms with Gasteiger partial charge in [-0.25, -0.2) is 0 Å². The predicted molar refractivity (Wildman–Crippen MR) is 53.5 cm³/mol. The van der Waals surface area contributed by atoms with Crippen molar-refractivity contribution >= 4 is 5.91 Å². The molecule has 0 radical (unpaired) electrons. The molecule has 1 fully saturated rings. The van der Waals surface area contributed by atoms with E-state index in [2.05, 4.69) is 5.32 Å². The molecule has 0 aromatic rings. The summed E-state index contributed by atoms with van der Waals surface area (Å²) in [4.78, 5) is 13.3. The molecule has 0 aromatic carbocycles. The first-order valence-electron chi connectivity index (χ1n) is 5.18. The molecule has 1 aliphatic heterocycles. The Hall–Kier alpha value is -0.570. The Morgan fingerprint density at radius 1 is 1.62 bits per heavy atom. The van der Waals surface area contributed by atoms with Crippen LogP contribution in [0, 0.1) is 5.92 Å². The maximum atomic E-state index is 11.5. The topological polar surface area (TPSA) is 32.3 Å². The average molecular weight is 184 g/mol. The van der Waals surface area contributed by atoms with Crippen LogP contribution in [0.1, 0.15) is 26.2 Å². The molecule has 76 valence electrons. The Morgan fingerprint density at radius 3 is 2.92 bits per heavy atom. The standard InChI is InChI=1S/C10H20N2O/c1-3-12(2)10(13)7-9-5-4-6-11-8-9/h9,11H,3-8H2,1-2H3. The summed E-state index contributed by atoms with van der Waals surface area (Å²) in [6.45, 7) is 4.97. The van der Waals surface area contributed by atoms with E-state index in [1.807, 2.05) is 14.0 Å². The van der Waals surface area contributed by atoms with E-state index in [9.17, 15) is 4.79 Å². The highest BCUT2D eigenvalue weighted by Crippen LogP contribution is 2.14. The van der Waals surface area contributed by atoms with Crippen LogP contribution in [0.5, 0.6) is 0 Å². The number of rotatable bonds is 3. The third-order valence-corrected chi connectivity index (χ3v) is 2.76. The Bertz CT molecular complexity index is 164. The lowest BCUT2D eigenvalue weighted by molar-refractivity contribution is -0.130. The summed E-state index contributed by atoms with van der Waals surface area (Å²) in [6, 6.07) is 0. The quantitative estimate of drug-likeness (QED) is 0.705. The van der Waals surface area contributed by atoms with E-state index < -0.39 is 0 Å². The summed E-state index contributed by atoms with van der Waals surface area (Å²) >= 11 is 0. The Labute approximate surface area is 80.5 Å². The smallest absolute Gasteiger partial charge is 0.222 e. The minimum Gasteiger partial charge on any atom is -0.346 e. The molecule has 0 saturated carbocycles. The lowest BCUT2D eigenvalue weighted by atomic mass is 9.96. The number of piperidine rings is 1. The van der Waals surface area contributed by atoms with Gasteiger partial charge >= 0.3 is 0 Å². The van der Waals surface area contributed by atoms with Gasteiger partial charge in [0.2, 0.25) is 5.91 Å². The van der Waals surface area contributed by atoms with Crippen molar-refractivity contribution in [3.8, 4) is 0 Å². The number of hydrogen-bond donors (Lipinski definition) is 1. The number of carbonyl (C=O) groups is 1. The predicted octanol–water partition coefficient (Wildman–Crippen LogP) is 0.854. The highest BCUT2D eigenvalue weighted by Gasteiger charge is 2.17. The zero-order valence-electron chi connectivity index (χ0n) is 8.68. The Morgan fingerprint density at radius 2 is 2.38 bits per heavy atom. The molecule has 13 heavy (non-hydrogen) atoms. The molecule has 1 N–H and O–H groups in total. The van der Waals surface area contributed by atoms with Gasteiger partial charge in [0.15, 0.2) is 0 Å². The highest BCUT2D eigenvalue weighted by atomic mass is 16.2. The van der Waals surface area contributed by atoms with Crippen LogP contribution >= 0.6 is 0 Å². The zero-order chi connectivity index (χ0) is 9.68. The fourth-order valence-electron chi connectivity index (χ4n) is 1.68. The van der Waals surface area contributed by atoms with E-state index in [1.54, 1.807) is 4.90 Å². The van der Waals surface area contributed by atoms with Crippen molar-refractivity contribution in [1.82, 2.24) is 10.2 Å². The van der Waals surface area contributed by atoms with Crippen molar-refractivity contribution < 1.29 is 4.79 Å². The van der Waals surface area contributed by atoms with E-state index in [0.717, 1.165) is 26.1 Å². The van der Waals surface area contributed by atoms with E-state index in [4.69, 9.17) is 0 Å². The van der Waals surface area contributed by atoms with Gasteiger partial charge in [-0.05, 0) is 38.8 Å². The molecule has 1 saturated heterocycles. The monoisotopic (exact) mass is 184 g/mol.